The Balaban J connectivity index is 1.69. The molecule has 2 N–H and O–H groups in total. The van der Waals surface area contributed by atoms with Gasteiger partial charge in [0.25, 0.3) is 11.8 Å². The van der Waals surface area contributed by atoms with Crippen LogP contribution < -0.4 is 10.2 Å². The number of benzene rings is 1. The average Bonchev–Trinajstić information content (AvgIpc) is 3.20. The topological polar surface area (TPSA) is 88.1 Å². The Kier molecular flexibility index (Phi) is 5.43. The number of carbonyl (C=O) groups is 2. The van der Waals surface area contributed by atoms with E-state index in [0.717, 1.165) is 24.8 Å². The van der Waals surface area contributed by atoms with Crippen molar-refractivity contribution in [3.8, 4) is 5.75 Å². The Morgan fingerprint density at radius 1 is 1.31 bits per heavy atom. The lowest BCUT2D eigenvalue weighted by Crippen LogP contribution is -2.53. The first-order chi connectivity index (χ1) is 14.0. The van der Waals surface area contributed by atoms with Crippen molar-refractivity contribution >= 4 is 11.8 Å². The van der Waals surface area contributed by atoms with Gasteiger partial charge in [-0.15, -0.1) is 0 Å². The van der Waals surface area contributed by atoms with Crippen molar-refractivity contribution in [2.45, 2.75) is 44.9 Å². The summed E-state index contributed by atoms with van der Waals surface area (Å²) in [6, 6.07) is 4.82. The Labute approximate surface area is 169 Å². The molecule has 4 rings (SSSR count). The molecule has 29 heavy (non-hydrogen) atoms. The van der Waals surface area contributed by atoms with Gasteiger partial charge in [-0.05, 0) is 31.4 Å². The number of hydroxylamine groups is 1. The van der Waals surface area contributed by atoms with Crippen LogP contribution in [0.2, 0.25) is 0 Å². The van der Waals surface area contributed by atoms with E-state index >= 15 is 0 Å². The second-order valence-electron chi connectivity index (χ2n) is 8.06. The number of hydrogen-bond donors (Lipinski definition) is 2. The molecule has 1 aromatic carbocycles. The van der Waals surface area contributed by atoms with Gasteiger partial charge in [-0.3, -0.25) is 14.8 Å². The van der Waals surface area contributed by atoms with Gasteiger partial charge in [-0.1, -0.05) is 37.3 Å². The molecule has 1 aromatic rings. The molecule has 2 aliphatic heterocycles. The maximum atomic E-state index is 13.4. The van der Waals surface area contributed by atoms with E-state index in [1.165, 1.54) is 0 Å². The minimum absolute atomic E-state index is 0.00898. The molecule has 1 saturated heterocycles. The third kappa shape index (κ3) is 3.80. The number of fused-ring (bicyclic) bond motifs is 1. The van der Waals surface area contributed by atoms with Crippen molar-refractivity contribution in [2.24, 2.45) is 5.41 Å². The molecule has 1 aliphatic carbocycles. The summed E-state index contributed by atoms with van der Waals surface area (Å²) in [4.78, 5) is 27.1. The summed E-state index contributed by atoms with van der Waals surface area (Å²) < 4.78 is 11.8. The summed E-state index contributed by atoms with van der Waals surface area (Å²) in [5.41, 5.74) is 2.50. The number of carbonyl (C=O) groups excluding carboxylic acids is 2. The number of ether oxygens (including phenoxy) is 2. The summed E-state index contributed by atoms with van der Waals surface area (Å²) in [6.45, 7) is 3.44. The third-order valence-corrected chi connectivity index (χ3v) is 6.08. The number of nitrogens with one attached hydrogen (secondary N) is 1. The third-order valence-electron chi connectivity index (χ3n) is 6.08. The van der Waals surface area contributed by atoms with Crippen LogP contribution in [0.4, 0.5) is 0 Å². The Morgan fingerprint density at radius 2 is 2.17 bits per heavy atom. The lowest BCUT2D eigenvalue weighted by atomic mass is 9.76. The van der Waals surface area contributed by atoms with Crippen molar-refractivity contribution in [1.29, 1.82) is 0 Å². The van der Waals surface area contributed by atoms with Gasteiger partial charge in [0.05, 0.1) is 6.04 Å². The van der Waals surface area contributed by atoms with E-state index in [1.54, 1.807) is 23.7 Å². The SMILES string of the molecule is CC1([C@H]2COc3cc(C(=O)NO)ccc3CN2C(=O)C2CCCO2)C=CC=CC1. The molecular weight excluding hydrogens is 372 g/mol. The first-order valence-corrected chi connectivity index (χ1v) is 9.98. The van der Waals surface area contributed by atoms with Crippen molar-refractivity contribution in [2.75, 3.05) is 13.2 Å². The maximum Gasteiger partial charge on any atom is 0.274 e. The molecule has 2 unspecified atom stereocenters. The fourth-order valence-electron chi connectivity index (χ4n) is 4.30. The molecule has 0 spiro atoms. The quantitative estimate of drug-likeness (QED) is 0.604. The van der Waals surface area contributed by atoms with Crippen LogP contribution in [0.3, 0.4) is 0 Å². The maximum absolute atomic E-state index is 13.4. The zero-order valence-electron chi connectivity index (χ0n) is 16.5. The number of allylic oxidation sites excluding steroid dienone is 3. The fraction of sp³-hybridized carbons (Fsp3) is 0.455. The predicted molar refractivity (Wildman–Crippen MR) is 106 cm³/mol. The zero-order valence-corrected chi connectivity index (χ0v) is 16.5. The highest BCUT2D eigenvalue weighted by molar-refractivity contribution is 5.93. The number of hydrogen-bond acceptors (Lipinski definition) is 5. The van der Waals surface area contributed by atoms with Gasteiger partial charge >= 0.3 is 0 Å². The number of amides is 2. The minimum atomic E-state index is -0.600. The van der Waals surface area contributed by atoms with E-state index < -0.39 is 12.0 Å². The Morgan fingerprint density at radius 3 is 2.86 bits per heavy atom. The normalized spacial score (nSPS) is 28.4. The van der Waals surface area contributed by atoms with Crippen LogP contribution in [0.1, 0.15) is 42.1 Å². The Hall–Kier alpha value is -2.64. The number of nitrogens with zero attached hydrogens (tertiary/aromatic N) is 1. The van der Waals surface area contributed by atoms with E-state index in [-0.39, 0.29) is 17.4 Å². The molecule has 1 fully saturated rings. The van der Waals surface area contributed by atoms with Gasteiger partial charge in [-0.25, -0.2) is 5.48 Å². The lowest BCUT2D eigenvalue weighted by molar-refractivity contribution is -0.147. The smallest absolute Gasteiger partial charge is 0.274 e. The monoisotopic (exact) mass is 398 g/mol. The van der Waals surface area contributed by atoms with Crippen LogP contribution in [-0.4, -0.2) is 47.3 Å². The molecule has 154 valence electrons. The number of rotatable bonds is 3. The van der Waals surface area contributed by atoms with Gasteiger partial charge in [0.2, 0.25) is 0 Å². The molecule has 0 bridgehead atoms. The van der Waals surface area contributed by atoms with Crippen LogP contribution >= 0.6 is 0 Å². The molecule has 7 nitrogen and oxygen atoms in total. The van der Waals surface area contributed by atoms with Gasteiger partial charge in [0.15, 0.2) is 0 Å². The molecule has 2 heterocycles. The van der Waals surface area contributed by atoms with Gasteiger partial charge in [0.1, 0.15) is 18.5 Å². The molecule has 3 atom stereocenters. The van der Waals surface area contributed by atoms with E-state index in [4.69, 9.17) is 14.7 Å². The highest BCUT2D eigenvalue weighted by Crippen LogP contribution is 2.39. The van der Waals surface area contributed by atoms with Gasteiger partial charge in [-0.2, -0.15) is 0 Å². The van der Waals surface area contributed by atoms with E-state index in [2.05, 4.69) is 19.1 Å². The van der Waals surface area contributed by atoms with Crippen molar-refractivity contribution < 1.29 is 24.3 Å². The van der Waals surface area contributed by atoms with Crippen LogP contribution in [0, 0.1) is 5.41 Å². The zero-order chi connectivity index (χ0) is 20.4. The molecule has 7 heteroatoms. The highest BCUT2D eigenvalue weighted by Gasteiger charge is 2.43. The first-order valence-electron chi connectivity index (χ1n) is 9.98. The van der Waals surface area contributed by atoms with Gasteiger partial charge in [0, 0.05) is 29.7 Å². The summed E-state index contributed by atoms with van der Waals surface area (Å²) in [6.07, 6.45) is 10.3. The van der Waals surface area contributed by atoms with Crippen LogP contribution in [0.15, 0.2) is 42.5 Å². The second-order valence-corrected chi connectivity index (χ2v) is 8.06. The Bertz CT molecular complexity index is 859. The predicted octanol–water partition coefficient (Wildman–Crippen LogP) is 2.60. The average molecular weight is 398 g/mol. The van der Waals surface area contributed by atoms with Crippen LogP contribution in [0.25, 0.3) is 0 Å². The summed E-state index contributed by atoms with van der Waals surface area (Å²) in [5.74, 6) is -0.0558. The minimum Gasteiger partial charge on any atom is -0.491 e. The summed E-state index contributed by atoms with van der Waals surface area (Å²) >= 11 is 0. The van der Waals surface area contributed by atoms with E-state index in [0.29, 0.717) is 31.1 Å². The molecule has 3 aliphatic rings. The van der Waals surface area contributed by atoms with Crippen LogP contribution in [0.5, 0.6) is 5.75 Å². The summed E-state index contributed by atoms with van der Waals surface area (Å²) in [7, 11) is 0. The molecule has 0 aromatic heterocycles. The lowest BCUT2D eigenvalue weighted by Gasteiger charge is -2.42. The van der Waals surface area contributed by atoms with Gasteiger partial charge < -0.3 is 14.4 Å². The van der Waals surface area contributed by atoms with E-state index in [9.17, 15) is 9.59 Å². The highest BCUT2D eigenvalue weighted by atomic mass is 16.5. The second kappa shape index (κ2) is 8.00. The molecule has 2 amide bonds. The standard InChI is InChI=1S/C22H26N2O5/c1-22(9-3-2-4-10-22)19-14-29-18-12-15(20(25)23-27)7-8-16(18)13-24(19)21(26)17-6-5-11-28-17/h2-4,7-9,12,17,19,27H,5-6,10-11,13-14H2,1H3,(H,23,25)/t17?,19-,22?/m1/s1. The molecule has 0 saturated carbocycles. The van der Waals surface area contributed by atoms with Crippen molar-refractivity contribution in [1.82, 2.24) is 10.4 Å². The summed E-state index contributed by atoms with van der Waals surface area (Å²) in [5, 5.41) is 8.91. The molecular formula is C22H26N2O5. The van der Waals surface area contributed by atoms with Crippen LogP contribution in [-0.2, 0) is 16.1 Å². The molecule has 0 radical (unpaired) electrons. The van der Waals surface area contributed by atoms with E-state index in [1.807, 2.05) is 17.1 Å². The first kappa shape index (κ1) is 19.7. The fourth-order valence-corrected chi connectivity index (χ4v) is 4.30. The largest absolute Gasteiger partial charge is 0.491 e. The van der Waals surface area contributed by atoms with Crippen molar-refractivity contribution in [3.63, 3.8) is 0 Å². The van der Waals surface area contributed by atoms with Crippen molar-refractivity contribution in [3.05, 3.63) is 53.6 Å².